The largest absolute Gasteiger partial charge is 0.350 e. The van der Waals surface area contributed by atoms with Gasteiger partial charge in [-0.3, -0.25) is 9.59 Å². The number of rotatable bonds is 4. The molecule has 2 fully saturated rings. The number of carbonyl (C=O) groups is 2. The fourth-order valence-electron chi connectivity index (χ4n) is 3.76. The lowest BCUT2D eigenvalue weighted by atomic mass is 9.91. The molecule has 1 aliphatic carbocycles. The number of piperidine rings is 1. The van der Waals surface area contributed by atoms with Crippen molar-refractivity contribution >= 4 is 29.9 Å². The summed E-state index contributed by atoms with van der Waals surface area (Å²) in [5.74, 6) is 0.190. The van der Waals surface area contributed by atoms with E-state index in [1.807, 2.05) is 32.9 Å². The molecule has 138 valence electrons. The topological polar surface area (TPSA) is 70.2 Å². The Morgan fingerprint density at radius 3 is 2.52 bits per heavy atom. The van der Waals surface area contributed by atoms with Gasteiger partial charge in [0.15, 0.2) is 0 Å². The third-order valence-electron chi connectivity index (χ3n) is 5.26. The van der Waals surface area contributed by atoms with Gasteiger partial charge in [0.2, 0.25) is 5.91 Å². The van der Waals surface area contributed by atoms with Gasteiger partial charge in [-0.05, 0) is 82.3 Å². The Balaban J connectivity index is 0.00000225. The maximum Gasteiger partial charge on any atom is 0.251 e. The normalized spacial score (nSPS) is 20.7. The number of aryl methyl sites for hydroxylation is 1. The highest BCUT2D eigenvalue weighted by Crippen LogP contribution is 2.58. The average molecular weight is 366 g/mol. The summed E-state index contributed by atoms with van der Waals surface area (Å²) < 4.78 is 0. The van der Waals surface area contributed by atoms with Crippen LogP contribution in [0.15, 0.2) is 18.2 Å². The number of hydrogen-bond donors (Lipinski definition) is 3. The van der Waals surface area contributed by atoms with Gasteiger partial charge in [0.1, 0.15) is 0 Å². The van der Waals surface area contributed by atoms with E-state index in [4.69, 9.17) is 0 Å². The van der Waals surface area contributed by atoms with Crippen molar-refractivity contribution in [1.82, 2.24) is 10.6 Å². The van der Waals surface area contributed by atoms with E-state index in [1.165, 1.54) is 0 Å². The molecule has 3 N–H and O–H groups in total. The first-order valence-corrected chi connectivity index (χ1v) is 8.84. The van der Waals surface area contributed by atoms with Crippen molar-refractivity contribution in [2.24, 2.45) is 11.3 Å². The molecule has 2 amide bonds. The van der Waals surface area contributed by atoms with Crippen molar-refractivity contribution in [3.05, 3.63) is 29.3 Å². The first kappa shape index (κ1) is 19.7. The summed E-state index contributed by atoms with van der Waals surface area (Å²) >= 11 is 0. The van der Waals surface area contributed by atoms with Crippen molar-refractivity contribution in [2.75, 3.05) is 18.4 Å². The van der Waals surface area contributed by atoms with E-state index in [9.17, 15) is 9.59 Å². The second-order valence-electron chi connectivity index (χ2n) is 7.52. The zero-order valence-electron chi connectivity index (χ0n) is 15.1. The summed E-state index contributed by atoms with van der Waals surface area (Å²) in [7, 11) is 0. The van der Waals surface area contributed by atoms with Crippen molar-refractivity contribution in [2.45, 2.75) is 46.1 Å². The van der Waals surface area contributed by atoms with E-state index in [1.54, 1.807) is 6.07 Å². The summed E-state index contributed by atoms with van der Waals surface area (Å²) in [5.41, 5.74) is 2.54. The van der Waals surface area contributed by atoms with Crippen molar-refractivity contribution in [1.29, 1.82) is 0 Å². The third kappa shape index (κ3) is 4.33. The Bertz CT molecular complexity index is 654. The van der Waals surface area contributed by atoms with Crippen LogP contribution >= 0.6 is 12.4 Å². The first-order valence-electron chi connectivity index (χ1n) is 8.84. The zero-order chi connectivity index (χ0) is 17.3. The van der Waals surface area contributed by atoms with E-state index in [0.29, 0.717) is 5.56 Å². The summed E-state index contributed by atoms with van der Waals surface area (Å²) in [4.78, 5) is 24.6. The molecule has 1 atom stereocenters. The summed E-state index contributed by atoms with van der Waals surface area (Å²) in [6.07, 6.45) is 3.20. The van der Waals surface area contributed by atoms with Crippen LogP contribution in [0, 0.1) is 18.3 Å². The molecule has 6 heteroatoms. The van der Waals surface area contributed by atoms with Crippen LogP contribution < -0.4 is 16.0 Å². The van der Waals surface area contributed by atoms with Crippen molar-refractivity contribution < 1.29 is 9.59 Å². The van der Waals surface area contributed by atoms with E-state index >= 15 is 0 Å². The number of halogens is 1. The highest BCUT2D eigenvalue weighted by Gasteiger charge is 2.57. The molecule has 0 bridgehead atoms. The minimum absolute atomic E-state index is 0. The fourth-order valence-corrected chi connectivity index (χ4v) is 3.76. The fraction of sp³-hybridized carbons (Fsp3) is 0.579. The van der Waals surface area contributed by atoms with E-state index in [0.717, 1.165) is 43.6 Å². The Kier molecular flexibility index (Phi) is 6.12. The third-order valence-corrected chi connectivity index (χ3v) is 5.26. The van der Waals surface area contributed by atoms with E-state index in [-0.39, 0.29) is 41.6 Å². The molecule has 0 radical (unpaired) electrons. The maximum absolute atomic E-state index is 12.5. The number of nitrogens with one attached hydrogen (secondary N) is 3. The maximum atomic E-state index is 12.5. The molecule has 25 heavy (non-hydrogen) atoms. The predicted molar refractivity (Wildman–Crippen MR) is 102 cm³/mol. The number of hydrogen-bond acceptors (Lipinski definition) is 3. The number of carbonyl (C=O) groups excluding carboxylic acids is 2. The molecule has 3 rings (SSSR count). The Morgan fingerprint density at radius 2 is 1.92 bits per heavy atom. The van der Waals surface area contributed by atoms with Crippen LogP contribution in [0.25, 0.3) is 0 Å². The molecule has 1 saturated carbocycles. The summed E-state index contributed by atoms with van der Waals surface area (Å²) in [6.45, 7) is 7.81. The lowest BCUT2D eigenvalue weighted by molar-refractivity contribution is -0.118. The first-order chi connectivity index (χ1) is 11.4. The monoisotopic (exact) mass is 365 g/mol. The van der Waals surface area contributed by atoms with Gasteiger partial charge >= 0.3 is 0 Å². The van der Waals surface area contributed by atoms with Gasteiger partial charge in [0, 0.05) is 23.2 Å². The Labute approximate surface area is 155 Å². The Morgan fingerprint density at radius 1 is 1.24 bits per heavy atom. The molecule has 1 unspecified atom stereocenters. The van der Waals surface area contributed by atoms with Crippen molar-refractivity contribution in [3.63, 3.8) is 0 Å². The van der Waals surface area contributed by atoms with Gasteiger partial charge in [-0.15, -0.1) is 12.4 Å². The summed E-state index contributed by atoms with van der Waals surface area (Å²) in [6, 6.07) is 5.59. The van der Waals surface area contributed by atoms with Crippen LogP contribution in [0.2, 0.25) is 0 Å². The molecule has 1 aliphatic heterocycles. The van der Waals surface area contributed by atoms with Crippen LogP contribution in [0.1, 0.15) is 49.0 Å². The van der Waals surface area contributed by atoms with Gasteiger partial charge in [-0.25, -0.2) is 0 Å². The lowest BCUT2D eigenvalue weighted by Gasteiger charge is -2.23. The molecular weight excluding hydrogens is 338 g/mol. The van der Waals surface area contributed by atoms with Gasteiger partial charge in [0.05, 0.1) is 0 Å². The quantitative estimate of drug-likeness (QED) is 0.768. The molecule has 1 spiro atoms. The van der Waals surface area contributed by atoms with Crippen LogP contribution in [0.3, 0.4) is 0 Å². The highest BCUT2D eigenvalue weighted by atomic mass is 35.5. The molecular formula is C19H28ClN3O2. The van der Waals surface area contributed by atoms with Crippen LogP contribution in [-0.4, -0.2) is 30.9 Å². The van der Waals surface area contributed by atoms with E-state index in [2.05, 4.69) is 16.0 Å². The standard InChI is InChI=1S/C19H27N3O2.ClH/c1-12(2)21-17(23)15-5-4-14(10-13(15)3)22-18(24)16-11-19(16)6-8-20-9-7-19;/h4-5,10,12,16,20H,6-9,11H2,1-3H3,(H,21,23)(H,22,24);1H. The molecule has 1 heterocycles. The van der Waals surface area contributed by atoms with Crippen LogP contribution in [0.5, 0.6) is 0 Å². The van der Waals surface area contributed by atoms with E-state index < -0.39 is 0 Å². The predicted octanol–water partition coefficient (Wildman–Crippen LogP) is 2.88. The number of anilines is 1. The molecule has 1 saturated heterocycles. The smallest absolute Gasteiger partial charge is 0.251 e. The molecule has 2 aliphatic rings. The lowest BCUT2D eigenvalue weighted by Crippen LogP contribution is -2.31. The van der Waals surface area contributed by atoms with Gasteiger partial charge < -0.3 is 16.0 Å². The molecule has 0 aromatic heterocycles. The van der Waals surface area contributed by atoms with Crippen LogP contribution in [0.4, 0.5) is 5.69 Å². The summed E-state index contributed by atoms with van der Waals surface area (Å²) in [5, 5.41) is 9.28. The molecule has 5 nitrogen and oxygen atoms in total. The SMILES string of the molecule is Cc1cc(NC(=O)C2CC23CCNCC3)ccc1C(=O)NC(C)C.Cl. The Hall–Kier alpha value is -1.59. The zero-order valence-corrected chi connectivity index (χ0v) is 16.0. The van der Waals surface area contributed by atoms with Crippen LogP contribution in [-0.2, 0) is 4.79 Å². The number of amides is 2. The van der Waals surface area contributed by atoms with Gasteiger partial charge in [-0.2, -0.15) is 0 Å². The second-order valence-corrected chi connectivity index (χ2v) is 7.52. The minimum Gasteiger partial charge on any atom is -0.350 e. The van der Waals surface area contributed by atoms with Gasteiger partial charge in [0.25, 0.3) is 5.91 Å². The molecule has 1 aromatic carbocycles. The van der Waals surface area contributed by atoms with Crippen molar-refractivity contribution in [3.8, 4) is 0 Å². The molecule has 1 aromatic rings. The van der Waals surface area contributed by atoms with Gasteiger partial charge in [-0.1, -0.05) is 0 Å². The highest BCUT2D eigenvalue weighted by molar-refractivity contribution is 5.98. The second kappa shape index (κ2) is 7.75. The minimum atomic E-state index is -0.0729. The average Bonchev–Trinajstić information content (AvgIpc) is 3.20. The number of benzene rings is 1.